The van der Waals surface area contributed by atoms with Gasteiger partial charge in [0.25, 0.3) is 0 Å². The van der Waals surface area contributed by atoms with Crippen LogP contribution in [0.25, 0.3) is 0 Å². The number of nitrogens with two attached hydrogens (primary N) is 1. The van der Waals surface area contributed by atoms with Gasteiger partial charge in [0.05, 0.1) is 12.2 Å². The number of guanidine groups is 1. The molecule has 0 saturated heterocycles. The van der Waals surface area contributed by atoms with Crippen LogP contribution in [0.1, 0.15) is 18.2 Å². The lowest BCUT2D eigenvalue weighted by atomic mass is 10.2. The summed E-state index contributed by atoms with van der Waals surface area (Å²) in [6, 6.07) is 9.77. The van der Waals surface area contributed by atoms with Gasteiger partial charge in [-0.2, -0.15) is 5.10 Å². The van der Waals surface area contributed by atoms with Crippen LogP contribution in [0.3, 0.4) is 0 Å². The fourth-order valence-corrected chi connectivity index (χ4v) is 1.96. The van der Waals surface area contributed by atoms with Gasteiger partial charge in [-0.1, -0.05) is 25.1 Å². The summed E-state index contributed by atoms with van der Waals surface area (Å²) in [6.45, 7) is 2.62. The summed E-state index contributed by atoms with van der Waals surface area (Å²) < 4.78 is 1.81. The molecule has 2 aromatic rings. The molecule has 0 saturated carbocycles. The smallest absolute Gasteiger partial charge is 0.210 e. The minimum Gasteiger partial charge on any atom is -0.325 e. The number of nitrogens with zero attached hydrogens (tertiary/aromatic N) is 3. The zero-order valence-corrected chi connectivity index (χ0v) is 11.8. The van der Waals surface area contributed by atoms with E-state index in [0.29, 0.717) is 12.5 Å². The first kappa shape index (κ1) is 14.1. The van der Waals surface area contributed by atoms with E-state index in [-0.39, 0.29) is 0 Å². The maximum Gasteiger partial charge on any atom is 0.210 e. The minimum absolute atomic E-state index is 0.530. The number of para-hydroxylation sites is 1. The van der Waals surface area contributed by atoms with Crippen molar-refractivity contribution in [3.8, 4) is 0 Å². The molecule has 0 spiro atoms. The molecule has 0 fully saturated rings. The van der Waals surface area contributed by atoms with Crippen LogP contribution < -0.4 is 16.6 Å². The Bertz CT molecular complexity index is 573. The van der Waals surface area contributed by atoms with E-state index >= 15 is 0 Å². The predicted molar refractivity (Wildman–Crippen MR) is 81.1 cm³/mol. The summed E-state index contributed by atoms with van der Waals surface area (Å²) in [6.07, 6.45) is 2.88. The lowest BCUT2D eigenvalue weighted by molar-refractivity contribution is 0.746. The van der Waals surface area contributed by atoms with Gasteiger partial charge in [0.2, 0.25) is 5.96 Å². The molecule has 0 amide bonds. The van der Waals surface area contributed by atoms with E-state index in [1.54, 1.807) is 0 Å². The van der Waals surface area contributed by atoms with Crippen molar-refractivity contribution in [1.29, 1.82) is 0 Å². The highest BCUT2D eigenvalue weighted by Gasteiger charge is 2.05. The molecule has 6 nitrogen and oxygen atoms in total. The Morgan fingerprint density at radius 3 is 2.75 bits per heavy atom. The lowest BCUT2D eigenvalue weighted by Gasteiger charge is -2.08. The summed E-state index contributed by atoms with van der Waals surface area (Å²) in [7, 11) is 1.91. The molecule has 0 radical (unpaired) electrons. The van der Waals surface area contributed by atoms with Gasteiger partial charge in [0.1, 0.15) is 0 Å². The molecule has 20 heavy (non-hydrogen) atoms. The Labute approximate surface area is 118 Å². The Balaban J connectivity index is 2.07. The van der Waals surface area contributed by atoms with Gasteiger partial charge in [0.15, 0.2) is 0 Å². The summed E-state index contributed by atoms with van der Waals surface area (Å²) in [5.41, 5.74) is 5.68. The molecule has 6 heteroatoms. The van der Waals surface area contributed by atoms with Gasteiger partial charge in [-0.3, -0.25) is 10.1 Å². The van der Waals surface area contributed by atoms with Crippen molar-refractivity contribution in [2.75, 3.05) is 5.32 Å². The Morgan fingerprint density at radius 2 is 2.10 bits per heavy atom. The molecule has 0 unspecified atom stereocenters. The second-order valence-corrected chi connectivity index (χ2v) is 4.43. The van der Waals surface area contributed by atoms with E-state index in [2.05, 4.69) is 27.8 Å². The van der Waals surface area contributed by atoms with Gasteiger partial charge in [-0.25, -0.2) is 10.8 Å². The van der Waals surface area contributed by atoms with E-state index in [4.69, 9.17) is 5.84 Å². The molecule has 106 valence electrons. The first-order chi connectivity index (χ1) is 9.72. The van der Waals surface area contributed by atoms with Crippen molar-refractivity contribution in [2.24, 2.45) is 17.9 Å². The Morgan fingerprint density at radius 1 is 1.35 bits per heavy atom. The van der Waals surface area contributed by atoms with Crippen molar-refractivity contribution in [2.45, 2.75) is 19.9 Å². The summed E-state index contributed by atoms with van der Waals surface area (Å²) in [4.78, 5) is 4.45. The maximum atomic E-state index is 5.50. The first-order valence-corrected chi connectivity index (χ1v) is 6.57. The number of aryl methyl sites for hydroxylation is 2. The largest absolute Gasteiger partial charge is 0.325 e. The first-order valence-electron chi connectivity index (χ1n) is 6.57. The van der Waals surface area contributed by atoms with Crippen molar-refractivity contribution in [3.63, 3.8) is 0 Å². The normalized spacial score (nSPS) is 11.4. The number of benzene rings is 1. The van der Waals surface area contributed by atoms with Crippen molar-refractivity contribution in [1.82, 2.24) is 15.2 Å². The van der Waals surface area contributed by atoms with Crippen LogP contribution in [0.5, 0.6) is 0 Å². The van der Waals surface area contributed by atoms with Crippen LogP contribution in [0.4, 0.5) is 5.69 Å². The summed E-state index contributed by atoms with van der Waals surface area (Å²) >= 11 is 0. The van der Waals surface area contributed by atoms with E-state index < -0.39 is 0 Å². The quantitative estimate of drug-likeness (QED) is 0.340. The molecule has 0 bridgehead atoms. The molecular weight excluding hydrogens is 252 g/mol. The van der Waals surface area contributed by atoms with Gasteiger partial charge < -0.3 is 5.32 Å². The average Bonchev–Trinajstić information content (AvgIpc) is 2.84. The van der Waals surface area contributed by atoms with Gasteiger partial charge in [-0.15, -0.1) is 0 Å². The molecule has 1 heterocycles. The maximum absolute atomic E-state index is 5.50. The highest BCUT2D eigenvalue weighted by atomic mass is 15.3. The average molecular weight is 272 g/mol. The van der Waals surface area contributed by atoms with Gasteiger partial charge in [-0.05, 0) is 18.6 Å². The van der Waals surface area contributed by atoms with Crippen LogP contribution in [0, 0.1) is 0 Å². The molecule has 4 N–H and O–H groups in total. The SMILES string of the molecule is CCc1nn(C)cc1CN=C(NN)Nc1ccccc1. The van der Waals surface area contributed by atoms with Crippen molar-refractivity contribution in [3.05, 3.63) is 47.8 Å². The molecule has 0 aliphatic carbocycles. The van der Waals surface area contributed by atoms with E-state index in [1.165, 1.54) is 0 Å². The fourth-order valence-electron chi connectivity index (χ4n) is 1.96. The summed E-state index contributed by atoms with van der Waals surface area (Å²) in [5, 5.41) is 7.52. The third kappa shape index (κ3) is 3.58. The molecule has 0 atom stereocenters. The number of rotatable bonds is 4. The van der Waals surface area contributed by atoms with Crippen LogP contribution in [0.15, 0.2) is 41.5 Å². The zero-order chi connectivity index (χ0) is 14.4. The number of nitrogens with one attached hydrogen (secondary N) is 2. The second kappa shape index (κ2) is 6.72. The predicted octanol–water partition coefficient (Wildman–Crippen LogP) is 1.41. The summed E-state index contributed by atoms with van der Waals surface area (Å²) in [5.74, 6) is 6.03. The molecule has 1 aromatic heterocycles. The molecular formula is C14H20N6. The number of anilines is 1. The highest BCUT2D eigenvalue weighted by molar-refractivity contribution is 5.93. The number of hydrazine groups is 1. The number of hydrogen-bond donors (Lipinski definition) is 3. The van der Waals surface area contributed by atoms with Gasteiger partial charge >= 0.3 is 0 Å². The molecule has 0 aliphatic rings. The van der Waals surface area contributed by atoms with E-state index in [1.807, 2.05) is 48.3 Å². The molecule has 1 aromatic carbocycles. The fraction of sp³-hybridized carbons (Fsp3) is 0.286. The molecule has 2 rings (SSSR count). The Hall–Kier alpha value is -2.34. The number of aromatic nitrogens is 2. The number of aliphatic imine (C=N–C) groups is 1. The third-order valence-electron chi connectivity index (χ3n) is 2.91. The number of hydrogen-bond acceptors (Lipinski definition) is 3. The van der Waals surface area contributed by atoms with Crippen LogP contribution in [-0.2, 0) is 20.0 Å². The monoisotopic (exact) mass is 272 g/mol. The van der Waals surface area contributed by atoms with E-state index in [9.17, 15) is 0 Å². The lowest BCUT2D eigenvalue weighted by Crippen LogP contribution is -2.36. The third-order valence-corrected chi connectivity index (χ3v) is 2.91. The highest BCUT2D eigenvalue weighted by Crippen LogP contribution is 2.09. The standard InChI is InChI=1S/C14H20N6/c1-3-13-11(10-20(2)19-13)9-16-14(18-15)17-12-7-5-4-6-8-12/h4-8,10H,3,9,15H2,1-2H3,(H2,16,17,18). The van der Waals surface area contributed by atoms with Crippen LogP contribution >= 0.6 is 0 Å². The minimum atomic E-state index is 0.530. The van der Waals surface area contributed by atoms with Crippen molar-refractivity contribution >= 4 is 11.6 Å². The van der Waals surface area contributed by atoms with E-state index in [0.717, 1.165) is 23.4 Å². The molecule has 0 aliphatic heterocycles. The van der Waals surface area contributed by atoms with Crippen LogP contribution in [-0.4, -0.2) is 15.7 Å². The van der Waals surface area contributed by atoms with Crippen LogP contribution in [0.2, 0.25) is 0 Å². The zero-order valence-electron chi connectivity index (χ0n) is 11.8. The second-order valence-electron chi connectivity index (χ2n) is 4.43. The van der Waals surface area contributed by atoms with Crippen molar-refractivity contribution < 1.29 is 0 Å². The topological polar surface area (TPSA) is 80.3 Å². The van der Waals surface area contributed by atoms with Gasteiger partial charge in [0, 0.05) is 24.5 Å². The Kier molecular flexibility index (Phi) is 4.73.